The zero-order valence-electron chi connectivity index (χ0n) is 38.3. The van der Waals surface area contributed by atoms with E-state index in [9.17, 15) is 28.4 Å². The van der Waals surface area contributed by atoms with E-state index in [1.807, 2.05) is 6.07 Å². The fourth-order valence-corrected chi connectivity index (χ4v) is 12.5. The van der Waals surface area contributed by atoms with Gasteiger partial charge >= 0.3 is 0 Å². The van der Waals surface area contributed by atoms with E-state index in [0.717, 1.165) is 49.6 Å². The summed E-state index contributed by atoms with van der Waals surface area (Å²) in [6.45, 7) is 9.11. The summed E-state index contributed by atoms with van der Waals surface area (Å²) in [6.07, 6.45) is 12.8. The lowest BCUT2D eigenvalue weighted by atomic mass is 9.59. The standard InChI is InChI=1S/C50H59N7O9S/c1-31(2)37-7-4-5-8-38(37)40-9-6-20-56(40)35-26-50(27-35)17-21-55(22-18-50)34-10-11-39(42(24-34)66-36-23-33-14-19-51-47(33)53-29-36)48(58)54-67(62,63)43-25-41(57(60)61)44(46-45(43)64-30-65-46)52-28-32-12-15-49(3,59)16-13-32/h4-5,7-8,10-11,14,19,23-25,29,31-32,35,40,52,59H,6,9,12-13,15-18,20-22,26-28,30H2,1-3H3,(H,51,53)(H,54,58)/t32?,40-,49?/m0/s1. The van der Waals surface area contributed by atoms with Crippen LogP contribution in [0.25, 0.3) is 11.0 Å². The summed E-state index contributed by atoms with van der Waals surface area (Å²) < 4.78 is 48.1. The lowest BCUT2D eigenvalue weighted by Crippen LogP contribution is -2.54. The maximum absolute atomic E-state index is 14.2. The zero-order valence-corrected chi connectivity index (χ0v) is 39.1. The molecule has 4 N–H and O–H groups in total. The summed E-state index contributed by atoms with van der Waals surface area (Å²) in [5.74, 6) is -0.299. The molecule has 1 spiro atoms. The second-order valence-corrected chi connectivity index (χ2v) is 21.6. The minimum atomic E-state index is -4.79. The van der Waals surface area contributed by atoms with Crippen molar-refractivity contribution in [3.05, 3.63) is 99.9 Å². The van der Waals surface area contributed by atoms with Crippen LogP contribution in [0.5, 0.6) is 23.0 Å². The number of amides is 1. The summed E-state index contributed by atoms with van der Waals surface area (Å²) in [4.78, 5) is 37.9. The molecule has 354 valence electrons. The minimum Gasteiger partial charge on any atom is -0.455 e. The first-order valence-corrected chi connectivity index (χ1v) is 25.1. The van der Waals surface area contributed by atoms with Crippen LogP contribution in [0.3, 0.4) is 0 Å². The van der Waals surface area contributed by atoms with Crippen LogP contribution in [0.1, 0.15) is 118 Å². The Kier molecular flexibility index (Phi) is 11.8. The van der Waals surface area contributed by atoms with E-state index in [1.165, 1.54) is 43.0 Å². The molecule has 5 heterocycles. The number of aromatic nitrogens is 2. The third kappa shape index (κ3) is 8.88. The molecule has 0 bridgehead atoms. The van der Waals surface area contributed by atoms with E-state index in [-0.39, 0.29) is 46.6 Å². The predicted molar refractivity (Wildman–Crippen MR) is 254 cm³/mol. The number of pyridine rings is 1. The van der Waals surface area contributed by atoms with Crippen molar-refractivity contribution in [3.8, 4) is 23.0 Å². The Labute approximate surface area is 390 Å². The number of aliphatic hydroxyl groups is 1. The smallest absolute Gasteiger partial charge is 0.297 e. The number of ether oxygens (including phenoxy) is 3. The Morgan fingerprint density at radius 2 is 1.78 bits per heavy atom. The van der Waals surface area contributed by atoms with Crippen molar-refractivity contribution in [1.82, 2.24) is 19.6 Å². The van der Waals surface area contributed by atoms with Gasteiger partial charge < -0.3 is 34.5 Å². The van der Waals surface area contributed by atoms with E-state index < -0.39 is 37.0 Å². The van der Waals surface area contributed by atoms with Gasteiger partial charge in [-0.3, -0.25) is 19.8 Å². The minimum absolute atomic E-state index is 0.0105. The highest BCUT2D eigenvalue weighted by atomic mass is 32.2. The maximum Gasteiger partial charge on any atom is 0.297 e. The Hall–Kier alpha value is -5.91. The molecule has 16 nitrogen and oxygen atoms in total. The largest absolute Gasteiger partial charge is 0.455 e. The highest BCUT2D eigenvalue weighted by Crippen LogP contribution is 2.55. The second-order valence-electron chi connectivity index (χ2n) is 19.9. The van der Waals surface area contributed by atoms with Gasteiger partial charge in [-0.15, -0.1) is 0 Å². The molecule has 5 aromatic rings. The third-order valence-electron chi connectivity index (χ3n) is 15.1. The summed E-state index contributed by atoms with van der Waals surface area (Å²) in [5, 5.41) is 26.8. The molecule has 3 aromatic carbocycles. The monoisotopic (exact) mass is 933 g/mol. The number of sulfonamides is 1. The van der Waals surface area contributed by atoms with Gasteiger partial charge in [-0.2, -0.15) is 0 Å². The molecule has 10 rings (SSSR count). The normalized spacial score (nSPS) is 22.9. The Morgan fingerprint density at radius 1 is 1.01 bits per heavy atom. The summed E-state index contributed by atoms with van der Waals surface area (Å²) in [6, 6.07) is 19.6. The van der Waals surface area contributed by atoms with Gasteiger partial charge in [-0.1, -0.05) is 38.1 Å². The van der Waals surface area contributed by atoms with Crippen LogP contribution in [0.4, 0.5) is 17.1 Å². The predicted octanol–water partition coefficient (Wildman–Crippen LogP) is 9.17. The molecule has 3 aliphatic heterocycles. The zero-order chi connectivity index (χ0) is 46.7. The molecule has 2 saturated heterocycles. The highest BCUT2D eigenvalue weighted by molar-refractivity contribution is 7.90. The van der Waals surface area contributed by atoms with Crippen LogP contribution in [-0.2, 0) is 10.0 Å². The number of likely N-dealkylation sites (tertiary alicyclic amines) is 1. The van der Waals surface area contributed by atoms with Gasteiger partial charge in [0.05, 0.1) is 22.3 Å². The second kappa shape index (κ2) is 17.6. The van der Waals surface area contributed by atoms with Gasteiger partial charge in [-0.05, 0) is 130 Å². The first-order chi connectivity index (χ1) is 32.2. The number of fused-ring (bicyclic) bond motifs is 2. The molecule has 0 unspecified atom stereocenters. The van der Waals surface area contributed by atoms with Crippen molar-refractivity contribution < 1.29 is 37.5 Å². The van der Waals surface area contributed by atoms with Crippen LogP contribution in [-0.4, -0.2) is 83.8 Å². The molecule has 5 aliphatic rings. The molecule has 2 aromatic heterocycles. The van der Waals surface area contributed by atoms with Crippen molar-refractivity contribution in [2.45, 2.75) is 113 Å². The lowest BCUT2D eigenvalue weighted by Gasteiger charge is -2.56. The summed E-state index contributed by atoms with van der Waals surface area (Å²) in [7, 11) is -4.79. The summed E-state index contributed by atoms with van der Waals surface area (Å²) in [5.41, 5.74) is 3.35. The van der Waals surface area contributed by atoms with E-state index in [0.29, 0.717) is 61.6 Å². The van der Waals surface area contributed by atoms with Crippen molar-refractivity contribution >= 4 is 44.0 Å². The van der Waals surface area contributed by atoms with Crippen molar-refractivity contribution in [3.63, 3.8) is 0 Å². The number of hydrogen-bond acceptors (Lipinski definition) is 13. The number of nitro benzene ring substituents is 1. The number of carbonyl (C=O) groups is 1. The van der Waals surface area contributed by atoms with Crippen molar-refractivity contribution in [1.29, 1.82) is 0 Å². The van der Waals surface area contributed by atoms with E-state index >= 15 is 0 Å². The molecule has 1 atom stereocenters. The maximum atomic E-state index is 14.2. The highest BCUT2D eigenvalue weighted by Gasteiger charge is 2.50. The number of nitrogens with zero attached hydrogens (tertiary/aromatic N) is 4. The molecule has 0 radical (unpaired) electrons. The van der Waals surface area contributed by atoms with E-state index in [2.05, 4.69) is 67.9 Å². The van der Waals surface area contributed by atoms with Crippen LogP contribution < -0.4 is 29.1 Å². The first-order valence-electron chi connectivity index (χ1n) is 23.6. The van der Waals surface area contributed by atoms with Crippen molar-refractivity contribution in [2.24, 2.45) is 11.3 Å². The number of nitrogens with one attached hydrogen (secondary N) is 3. The molecule has 67 heavy (non-hydrogen) atoms. The van der Waals surface area contributed by atoms with Crippen LogP contribution >= 0.6 is 0 Å². The van der Waals surface area contributed by atoms with Crippen molar-refractivity contribution in [2.75, 3.05) is 43.2 Å². The van der Waals surface area contributed by atoms with E-state index in [4.69, 9.17) is 14.2 Å². The number of piperidine rings is 1. The molecule has 17 heteroatoms. The van der Waals surface area contributed by atoms with Gasteiger partial charge in [0.15, 0.2) is 17.2 Å². The molecular formula is C50H59N7O9S. The molecule has 4 fully saturated rings. The van der Waals surface area contributed by atoms with Gasteiger partial charge in [0.25, 0.3) is 21.6 Å². The number of nitro groups is 1. The SMILES string of the molecule is CC(C)c1ccccc1[C@@H]1CCCN1C1CC2(CCN(c3ccc(C(=O)NS(=O)(=O)c4cc([N+](=O)[O-])c(NCC5CCC(C)(O)CC5)c5c4OCO5)c(Oc4cnc5[nH]ccc5c4)c3)CC2)C1. The number of carbonyl (C=O) groups excluding carboxylic acids is 1. The Morgan fingerprint density at radius 3 is 2.54 bits per heavy atom. The first kappa shape index (κ1) is 44.9. The lowest BCUT2D eigenvalue weighted by molar-refractivity contribution is -0.384. The molecule has 1 amide bonds. The van der Waals surface area contributed by atoms with Crippen LogP contribution in [0.15, 0.2) is 78.0 Å². The fraction of sp³-hybridized carbons (Fsp3) is 0.480. The van der Waals surface area contributed by atoms with Gasteiger partial charge in [0.2, 0.25) is 6.79 Å². The Bertz CT molecular complexity index is 2800. The van der Waals surface area contributed by atoms with Gasteiger partial charge in [0.1, 0.15) is 22.0 Å². The van der Waals surface area contributed by atoms with E-state index in [1.54, 1.807) is 37.4 Å². The average molecular weight is 934 g/mol. The van der Waals surface area contributed by atoms with Crippen LogP contribution in [0.2, 0.25) is 0 Å². The molecule has 2 aliphatic carbocycles. The average Bonchev–Trinajstić information content (AvgIpc) is 4.09. The fourth-order valence-electron chi connectivity index (χ4n) is 11.3. The molecule has 2 saturated carbocycles. The Balaban J connectivity index is 0.867. The number of aromatic amines is 1. The summed E-state index contributed by atoms with van der Waals surface area (Å²) >= 11 is 0. The number of benzene rings is 3. The third-order valence-corrected chi connectivity index (χ3v) is 16.5. The van der Waals surface area contributed by atoms with Gasteiger partial charge in [0, 0.05) is 61.1 Å². The number of hydrogen-bond donors (Lipinski definition) is 4. The number of rotatable bonds is 13. The molecular weight excluding hydrogens is 875 g/mol. The quantitative estimate of drug-likeness (QED) is 0.0644. The van der Waals surface area contributed by atoms with Crippen LogP contribution in [0, 0.1) is 21.4 Å². The van der Waals surface area contributed by atoms with Gasteiger partial charge in [-0.25, -0.2) is 18.1 Å². The topological polar surface area (TPSA) is 201 Å². The number of anilines is 2. The number of H-pyrrole nitrogens is 1.